The van der Waals surface area contributed by atoms with Crippen molar-refractivity contribution in [2.45, 2.75) is 13.2 Å². The molecule has 0 saturated heterocycles. The van der Waals surface area contributed by atoms with E-state index in [0.29, 0.717) is 13.2 Å². The van der Waals surface area contributed by atoms with Gasteiger partial charge in [0, 0.05) is 21.9 Å². The van der Waals surface area contributed by atoms with Gasteiger partial charge in [-0.05, 0) is 24.3 Å². The predicted molar refractivity (Wildman–Crippen MR) is 69.1 cm³/mol. The van der Waals surface area contributed by atoms with Crippen LogP contribution in [0.4, 0.5) is 5.69 Å². The van der Waals surface area contributed by atoms with Gasteiger partial charge < -0.3 is 10.5 Å². The van der Waals surface area contributed by atoms with Crippen LogP contribution < -0.4 is 5.73 Å². The number of anilines is 1. The smallest absolute Gasteiger partial charge is 0.115 e. The van der Waals surface area contributed by atoms with E-state index < -0.39 is 0 Å². The number of nitrogens with two attached hydrogens (primary N) is 1. The van der Waals surface area contributed by atoms with Crippen molar-refractivity contribution in [2.24, 2.45) is 0 Å². The van der Waals surface area contributed by atoms with Gasteiger partial charge in [0.25, 0.3) is 0 Å². The van der Waals surface area contributed by atoms with Crippen LogP contribution in [0.2, 0.25) is 0 Å². The van der Waals surface area contributed by atoms with E-state index in [4.69, 9.17) is 10.5 Å². The van der Waals surface area contributed by atoms with Crippen molar-refractivity contribution in [2.75, 3.05) is 5.73 Å². The Labute approximate surface area is 108 Å². The molecule has 1 aromatic carbocycles. The van der Waals surface area contributed by atoms with Crippen molar-refractivity contribution in [3.63, 3.8) is 0 Å². The van der Waals surface area contributed by atoms with Gasteiger partial charge in [-0.25, -0.2) is 9.97 Å². The van der Waals surface area contributed by atoms with Crippen molar-refractivity contribution in [3.8, 4) is 0 Å². The van der Waals surface area contributed by atoms with Crippen LogP contribution in [0, 0.1) is 0 Å². The average Bonchev–Trinajstić information content (AvgIpc) is 2.35. The Kier molecular flexibility index (Phi) is 4.06. The van der Waals surface area contributed by atoms with E-state index in [1.54, 1.807) is 6.20 Å². The van der Waals surface area contributed by atoms with Crippen molar-refractivity contribution < 1.29 is 4.74 Å². The van der Waals surface area contributed by atoms with Crippen LogP contribution in [0.3, 0.4) is 0 Å². The Morgan fingerprint density at radius 1 is 1.24 bits per heavy atom. The van der Waals surface area contributed by atoms with Crippen LogP contribution >= 0.6 is 15.9 Å². The van der Waals surface area contributed by atoms with E-state index in [9.17, 15) is 0 Å². The molecule has 0 amide bonds. The van der Waals surface area contributed by atoms with Crippen LogP contribution in [0.15, 0.2) is 41.3 Å². The standard InChI is InChI=1S/C12H12BrN3O/c13-10-1-2-12(14)9(5-10)6-17-7-11-3-4-15-8-16-11/h1-5,8H,6-7,14H2. The fourth-order valence-electron chi connectivity index (χ4n) is 1.37. The molecule has 2 N–H and O–H groups in total. The lowest BCUT2D eigenvalue weighted by Gasteiger charge is -2.07. The van der Waals surface area contributed by atoms with Crippen LogP contribution in [0.5, 0.6) is 0 Å². The third-order valence-corrected chi connectivity index (χ3v) is 2.75. The van der Waals surface area contributed by atoms with Crippen LogP contribution in [-0.2, 0) is 18.0 Å². The second-order valence-corrected chi connectivity index (χ2v) is 4.45. The highest BCUT2D eigenvalue weighted by Crippen LogP contribution is 2.19. The van der Waals surface area contributed by atoms with E-state index in [-0.39, 0.29) is 0 Å². The molecular formula is C12H12BrN3O. The Bertz CT molecular complexity index is 490. The molecule has 0 saturated carbocycles. The first kappa shape index (κ1) is 12.0. The molecule has 0 aliphatic heterocycles. The summed E-state index contributed by atoms with van der Waals surface area (Å²) in [5.41, 5.74) is 8.40. The minimum absolute atomic E-state index is 0.453. The second-order valence-electron chi connectivity index (χ2n) is 3.54. The summed E-state index contributed by atoms with van der Waals surface area (Å²) in [6.07, 6.45) is 3.20. The highest BCUT2D eigenvalue weighted by Gasteiger charge is 2.01. The molecule has 2 rings (SSSR count). The number of ether oxygens (including phenoxy) is 1. The molecule has 0 aliphatic carbocycles. The van der Waals surface area contributed by atoms with Gasteiger partial charge >= 0.3 is 0 Å². The maximum atomic E-state index is 5.84. The summed E-state index contributed by atoms with van der Waals surface area (Å²) in [6, 6.07) is 7.54. The number of aromatic nitrogens is 2. The van der Waals surface area contributed by atoms with Gasteiger partial charge in [0.2, 0.25) is 0 Å². The summed E-state index contributed by atoms with van der Waals surface area (Å²) in [5.74, 6) is 0. The fraction of sp³-hybridized carbons (Fsp3) is 0.167. The molecule has 17 heavy (non-hydrogen) atoms. The number of hydrogen-bond acceptors (Lipinski definition) is 4. The Morgan fingerprint density at radius 3 is 2.88 bits per heavy atom. The Morgan fingerprint density at radius 2 is 2.12 bits per heavy atom. The number of nitrogen functional groups attached to an aromatic ring is 1. The van der Waals surface area contributed by atoms with Gasteiger partial charge in [0.05, 0.1) is 18.9 Å². The van der Waals surface area contributed by atoms with Crippen molar-refractivity contribution in [3.05, 3.63) is 52.5 Å². The molecule has 0 fully saturated rings. The van der Waals surface area contributed by atoms with Crippen LogP contribution in [0.1, 0.15) is 11.3 Å². The summed E-state index contributed by atoms with van der Waals surface area (Å²) in [7, 11) is 0. The van der Waals surface area contributed by atoms with Crippen molar-refractivity contribution in [1.82, 2.24) is 9.97 Å². The molecule has 0 radical (unpaired) electrons. The Balaban J connectivity index is 1.92. The van der Waals surface area contributed by atoms with Gasteiger partial charge in [-0.3, -0.25) is 0 Å². The minimum Gasteiger partial charge on any atom is -0.398 e. The monoisotopic (exact) mass is 293 g/mol. The molecule has 0 unspecified atom stereocenters. The third kappa shape index (κ3) is 3.51. The lowest BCUT2D eigenvalue weighted by atomic mass is 10.2. The van der Waals surface area contributed by atoms with E-state index in [2.05, 4.69) is 25.9 Å². The van der Waals surface area contributed by atoms with Crippen LogP contribution in [-0.4, -0.2) is 9.97 Å². The molecule has 0 bridgehead atoms. The molecule has 0 atom stereocenters. The van der Waals surface area contributed by atoms with Gasteiger partial charge in [-0.1, -0.05) is 15.9 Å². The summed E-state index contributed by atoms with van der Waals surface area (Å²) in [5, 5.41) is 0. The molecule has 1 aromatic heterocycles. The molecular weight excluding hydrogens is 282 g/mol. The number of hydrogen-bond donors (Lipinski definition) is 1. The first-order valence-electron chi connectivity index (χ1n) is 5.12. The second kappa shape index (κ2) is 5.75. The van der Waals surface area contributed by atoms with Gasteiger partial charge in [0.15, 0.2) is 0 Å². The summed E-state index contributed by atoms with van der Waals surface area (Å²) < 4.78 is 6.54. The topological polar surface area (TPSA) is 61.0 Å². The average molecular weight is 294 g/mol. The SMILES string of the molecule is Nc1ccc(Br)cc1COCc1ccncn1. The summed E-state index contributed by atoms with van der Waals surface area (Å²) >= 11 is 3.40. The molecule has 88 valence electrons. The van der Waals surface area contributed by atoms with E-state index in [1.807, 2.05) is 24.3 Å². The maximum Gasteiger partial charge on any atom is 0.115 e. The number of halogens is 1. The molecule has 0 spiro atoms. The highest BCUT2D eigenvalue weighted by atomic mass is 79.9. The third-order valence-electron chi connectivity index (χ3n) is 2.26. The van der Waals surface area contributed by atoms with Gasteiger partial charge in [0.1, 0.15) is 6.33 Å². The number of benzene rings is 1. The van der Waals surface area contributed by atoms with Crippen LogP contribution in [0.25, 0.3) is 0 Å². The van der Waals surface area contributed by atoms with Crippen molar-refractivity contribution >= 4 is 21.6 Å². The molecule has 0 aliphatic rings. The van der Waals surface area contributed by atoms with E-state index in [0.717, 1.165) is 21.4 Å². The van der Waals surface area contributed by atoms with Gasteiger partial charge in [-0.15, -0.1) is 0 Å². The lowest BCUT2D eigenvalue weighted by molar-refractivity contribution is 0.105. The fourth-order valence-corrected chi connectivity index (χ4v) is 1.78. The summed E-state index contributed by atoms with van der Waals surface area (Å²) in [4.78, 5) is 7.92. The zero-order chi connectivity index (χ0) is 12.1. The van der Waals surface area contributed by atoms with Gasteiger partial charge in [-0.2, -0.15) is 0 Å². The quantitative estimate of drug-likeness (QED) is 0.880. The number of nitrogens with zero attached hydrogens (tertiary/aromatic N) is 2. The minimum atomic E-state index is 0.453. The first-order valence-corrected chi connectivity index (χ1v) is 5.91. The molecule has 5 heteroatoms. The molecule has 4 nitrogen and oxygen atoms in total. The highest BCUT2D eigenvalue weighted by molar-refractivity contribution is 9.10. The van der Waals surface area contributed by atoms with Crippen molar-refractivity contribution in [1.29, 1.82) is 0 Å². The lowest BCUT2D eigenvalue weighted by Crippen LogP contribution is -2.00. The molecule has 1 heterocycles. The zero-order valence-corrected chi connectivity index (χ0v) is 10.7. The molecule has 2 aromatic rings. The zero-order valence-electron chi connectivity index (χ0n) is 9.14. The largest absolute Gasteiger partial charge is 0.398 e. The predicted octanol–water partition coefficient (Wildman–Crippen LogP) is 2.54. The maximum absolute atomic E-state index is 5.84. The Hall–Kier alpha value is -1.46. The number of rotatable bonds is 4. The first-order chi connectivity index (χ1) is 8.25. The van der Waals surface area contributed by atoms with E-state index >= 15 is 0 Å². The normalized spacial score (nSPS) is 10.4. The van der Waals surface area contributed by atoms with E-state index in [1.165, 1.54) is 6.33 Å². The summed E-state index contributed by atoms with van der Waals surface area (Å²) in [6.45, 7) is 0.920.